The molecule has 1 N–H and O–H groups in total. The van der Waals surface area contributed by atoms with E-state index in [9.17, 15) is 4.79 Å². The van der Waals surface area contributed by atoms with E-state index >= 15 is 0 Å². The van der Waals surface area contributed by atoms with E-state index in [2.05, 4.69) is 19.2 Å². The lowest BCUT2D eigenvalue weighted by molar-refractivity contribution is -0.147. The fraction of sp³-hybridized carbons (Fsp3) is 0.923. The molecule has 0 saturated heterocycles. The van der Waals surface area contributed by atoms with Crippen molar-refractivity contribution in [2.75, 3.05) is 7.11 Å². The summed E-state index contributed by atoms with van der Waals surface area (Å²) >= 11 is 0. The van der Waals surface area contributed by atoms with E-state index in [4.69, 9.17) is 4.74 Å². The number of nitrogens with one attached hydrogen (secondary N) is 1. The Hall–Kier alpha value is -0.570. The zero-order valence-electron chi connectivity index (χ0n) is 11.2. The highest BCUT2D eigenvalue weighted by Crippen LogP contribution is 2.30. The molecule has 0 aliphatic heterocycles. The Bertz CT molecular complexity index is 250. The van der Waals surface area contributed by atoms with Crippen molar-refractivity contribution < 1.29 is 9.53 Å². The van der Waals surface area contributed by atoms with Crippen LogP contribution in [0, 0.1) is 11.8 Å². The van der Waals surface area contributed by atoms with Gasteiger partial charge in [-0.05, 0) is 32.1 Å². The monoisotopic (exact) mass is 227 g/mol. The summed E-state index contributed by atoms with van der Waals surface area (Å²) in [4.78, 5) is 11.6. The molecule has 1 fully saturated rings. The number of hydrogen-bond acceptors (Lipinski definition) is 3. The molecule has 0 amide bonds. The van der Waals surface area contributed by atoms with Crippen molar-refractivity contribution >= 4 is 5.97 Å². The smallest absolute Gasteiger partial charge is 0.325 e. The fourth-order valence-corrected chi connectivity index (χ4v) is 2.56. The van der Waals surface area contributed by atoms with Crippen LogP contribution in [0.2, 0.25) is 0 Å². The number of hydrogen-bond donors (Lipinski definition) is 1. The minimum atomic E-state index is -0.579. The summed E-state index contributed by atoms with van der Waals surface area (Å²) in [5.41, 5.74) is -0.579. The maximum atomic E-state index is 11.6. The maximum absolute atomic E-state index is 11.6. The fourth-order valence-electron chi connectivity index (χ4n) is 2.56. The van der Waals surface area contributed by atoms with E-state index in [1.165, 1.54) is 20.0 Å². The lowest BCUT2D eigenvalue weighted by atomic mass is 9.77. The van der Waals surface area contributed by atoms with E-state index in [0.29, 0.717) is 12.0 Å². The summed E-state index contributed by atoms with van der Waals surface area (Å²) in [5, 5.41) is 3.45. The largest absolute Gasteiger partial charge is 0.468 e. The molecular weight excluding hydrogens is 202 g/mol. The second-order valence-corrected chi connectivity index (χ2v) is 5.63. The average molecular weight is 227 g/mol. The summed E-state index contributed by atoms with van der Waals surface area (Å²) in [7, 11) is 1.44. The Morgan fingerprint density at radius 3 is 2.50 bits per heavy atom. The molecule has 0 aromatic heterocycles. The van der Waals surface area contributed by atoms with Gasteiger partial charge in [0.05, 0.1) is 7.11 Å². The molecular formula is C13H25NO2. The van der Waals surface area contributed by atoms with Gasteiger partial charge in [0.1, 0.15) is 5.54 Å². The number of carbonyl (C=O) groups excluding carboxylic acids is 1. The molecule has 0 aromatic carbocycles. The van der Waals surface area contributed by atoms with Crippen molar-refractivity contribution in [3.8, 4) is 0 Å². The molecule has 0 aromatic rings. The van der Waals surface area contributed by atoms with Crippen LogP contribution in [0.25, 0.3) is 0 Å². The van der Waals surface area contributed by atoms with E-state index in [-0.39, 0.29) is 5.97 Å². The molecule has 0 bridgehead atoms. The molecule has 1 aliphatic rings. The molecule has 3 unspecified atom stereocenters. The van der Waals surface area contributed by atoms with Crippen molar-refractivity contribution in [2.45, 2.75) is 58.5 Å². The van der Waals surface area contributed by atoms with Gasteiger partial charge in [-0.3, -0.25) is 10.1 Å². The Balaban J connectivity index is 2.62. The second-order valence-electron chi connectivity index (χ2n) is 5.63. The highest BCUT2D eigenvalue weighted by molar-refractivity contribution is 5.79. The topological polar surface area (TPSA) is 38.3 Å². The highest BCUT2D eigenvalue weighted by atomic mass is 16.5. The summed E-state index contributed by atoms with van der Waals surface area (Å²) < 4.78 is 4.82. The predicted octanol–water partition coefficient (Wildman–Crippen LogP) is 2.35. The molecule has 3 nitrogen and oxygen atoms in total. The van der Waals surface area contributed by atoms with Crippen molar-refractivity contribution in [1.29, 1.82) is 0 Å². The van der Waals surface area contributed by atoms with Crippen LogP contribution >= 0.6 is 0 Å². The Morgan fingerprint density at radius 1 is 1.31 bits per heavy atom. The SMILES string of the molecule is COC(=O)C(C)(C)NC1CCCC(C)C1C. The Morgan fingerprint density at radius 2 is 1.94 bits per heavy atom. The van der Waals surface area contributed by atoms with Gasteiger partial charge in [0.25, 0.3) is 0 Å². The van der Waals surface area contributed by atoms with E-state index in [1.54, 1.807) is 0 Å². The molecule has 1 aliphatic carbocycles. The molecule has 3 atom stereocenters. The van der Waals surface area contributed by atoms with Gasteiger partial charge < -0.3 is 4.74 Å². The van der Waals surface area contributed by atoms with Crippen LogP contribution in [0.15, 0.2) is 0 Å². The molecule has 16 heavy (non-hydrogen) atoms. The molecule has 94 valence electrons. The lowest BCUT2D eigenvalue weighted by Gasteiger charge is -2.39. The third-order valence-corrected chi connectivity index (χ3v) is 3.95. The molecule has 0 spiro atoms. The minimum absolute atomic E-state index is 0.182. The molecule has 1 rings (SSSR count). The first-order valence-electron chi connectivity index (χ1n) is 6.24. The van der Waals surface area contributed by atoms with Gasteiger partial charge >= 0.3 is 5.97 Å². The standard InChI is InChI=1S/C13H25NO2/c1-9-7-6-8-11(10(9)2)14-13(3,4)12(15)16-5/h9-11,14H,6-8H2,1-5H3. The Labute approximate surface area is 98.9 Å². The van der Waals surface area contributed by atoms with Crippen LogP contribution in [0.5, 0.6) is 0 Å². The summed E-state index contributed by atoms with van der Waals surface area (Å²) in [6.07, 6.45) is 3.71. The lowest BCUT2D eigenvalue weighted by Crippen LogP contribution is -2.55. The minimum Gasteiger partial charge on any atom is -0.468 e. The van der Waals surface area contributed by atoms with Gasteiger partial charge in [0, 0.05) is 6.04 Å². The zero-order chi connectivity index (χ0) is 12.3. The van der Waals surface area contributed by atoms with Crippen LogP contribution in [-0.4, -0.2) is 24.7 Å². The molecule has 1 saturated carbocycles. The quantitative estimate of drug-likeness (QED) is 0.752. The number of esters is 1. The number of rotatable bonds is 3. The van der Waals surface area contributed by atoms with Crippen LogP contribution in [0.1, 0.15) is 47.0 Å². The van der Waals surface area contributed by atoms with Crippen molar-refractivity contribution in [1.82, 2.24) is 5.32 Å². The van der Waals surface area contributed by atoms with E-state index in [0.717, 1.165) is 12.3 Å². The second kappa shape index (κ2) is 5.17. The van der Waals surface area contributed by atoms with Gasteiger partial charge in [-0.25, -0.2) is 0 Å². The first-order chi connectivity index (χ1) is 7.38. The third-order valence-electron chi connectivity index (χ3n) is 3.95. The van der Waals surface area contributed by atoms with Gasteiger partial charge in [-0.2, -0.15) is 0 Å². The first kappa shape index (κ1) is 13.5. The van der Waals surface area contributed by atoms with E-state index < -0.39 is 5.54 Å². The average Bonchev–Trinajstić information content (AvgIpc) is 2.23. The van der Waals surface area contributed by atoms with Crippen molar-refractivity contribution in [3.63, 3.8) is 0 Å². The summed E-state index contributed by atoms with van der Waals surface area (Å²) in [5.74, 6) is 1.18. The van der Waals surface area contributed by atoms with Gasteiger partial charge in [0.2, 0.25) is 0 Å². The van der Waals surface area contributed by atoms with Gasteiger partial charge in [0.15, 0.2) is 0 Å². The van der Waals surface area contributed by atoms with Crippen LogP contribution < -0.4 is 5.32 Å². The van der Waals surface area contributed by atoms with Crippen molar-refractivity contribution in [2.24, 2.45) is 11.8 Å². The maximum Gasteiger partial charge on any atom is 0.325 e. The van der Waals surface area contributed by atoms with Gasteiger partial charge in [-0.15, -0.1) is 0 Å². The summed E-state index contributed by atoms with van der Waals surface area (Å²) in [6, 6.07) is 0.429. The zero-order valence-corrected chi connectivity index (χ0v) is 11.2. The number of ether oxygens (including phenoxy) is 1. The van der Waals surface area contributed by atoms with Crippen molar-refractivity contribution in [3.05, 3.63) is 0 Å². The molecule has 0 radical (unpaired) electrons. The normalized spacial score (nSPS) is 31.2. The van der Waals surface area contributed by atoms with E-state index in [1.807, 2.05) is 13.8 Å². The number of carbonyl (C=O) groups is 1. The van der Waals surface area contributed by atoms with Crippen LogP contribution in [-0.2, 0) is 9.53 Å². The van der Waals surface area contributed by atoms with Gasteiger partial charge in [-0.1, -0.05) is 26.7 Å². The van der Waals surface area contributed by atoms with Crippen LogP contribution in [0.4, 0.5) is 0 Å². The molecule has 0 heterocycles. The Kier molecular flexibility index (Phi) is 4.36. The molecule has 3 heteroatoms. The predicted molar refractivity (Wildman–Crippen MR) is 65.2 cm³/mol. The third kappa shape index (κ3) is 2.97. The van der Waals surface area contributed by atoms with Crippen LogP contribution in [0.3, 0.4) is 0 Å². The number of methoxy groups -OCH3 is 1. The first-order valence-corrected chi connectivity index (χ1v) is 6.24. The summed E-state index contributed by atoms with van der Waals surface area (Å²) in [6.45, 7) is 8.36. The highest BCUT2D eigenvalue weighted by Gasteiger charge is 2.35.